The maximum atomic E-state index is 8.91. The van der Waals surface area contributed by atoms with Crippen LogP contribution in [-0.4, -0.2) is 0 Å². The van der Waals surface area contributed by atoms with Gasteiger partial charge in [-0.15, -0.1) is 0 Å². The number of hydrogen-bond donors (Lipinski definition) is 0. The van der Waals surface area contributed by atoms with Gasteiger partial charge in [-0.3, -0.25) is 0 Å². The lowest BCUT2D eigenvalue weighted by atomic mass is 9.82. The molecule has 0 atom stereocenters. The average molecular weight is 463 g/mol. The molecule has 0 spiro atoms. The van der Waals surface area contributed by atoms with Gasteiger partial charge in [0.05, 0.1) is 5.56 Å². The first kappa shape index (κ1) is 10.1. The minimum absolute atomic E-state index is 0.0488. The van der Waals surface area contributed by atoms with Crippen LogP contribution in [-0.2, 0) is 12.5 Å². The predicted molar refractivity (Wildman–Crippen MR) is 141 cm³/mol. The van der Waals surface area contributed by atoms with Crippen molar-refractivity contribution < 1.29 is 30.9 Å². The molecule has 2 heteroatoms. The van der Waals surface area contributed by atoms with Crippen molar-refractivity contribution in [1.29, 1.82) is 0 Å². The van der Waals surface area contributed by atoms with Gasteiger partial charge in [-0.05, 0) is 47.5 Å². The van der Waals surface area contributed by atoms with Crippen molar-refractivity contribution in [2.75, 3.05) is 0 Å². The van der Waals surface area contributed by atoms with E-state index in [4.69, 9.17) is 26.3 Å². The summed E-state index contributed by atoms with van der Waals surface area (Å²) in [5, 5.41) is 1.04. The van der Waals surface area contributed by atoms with Crippen LogP contribution < -0.4 is 4.57 Å². The Labute approximate surface area is 224 Å². The van der Waals surface area contributed by atoms with Gasteiger partial charge >= 0.3 is 0 Å². The van der Waals surface area contributed by atoms with Crippen LogP contribution in [0.1, 0.15) is 83.1 Å². The number of rotatable bonds is 2. The Hall–Kier alpha value is -3.39. The fourth-order valence-corrected chi connectivity index (χ4v) is 5.18. The van der Waals surface area contributed by atoms with E-state index in [-0.39, 0.29) is 28.0 Å². The van der Waals surface area contributed by atoms with E-state index in [2.05, 4.69) is 0 Å². The molecule has 0 N–H and O–H groups in total. The summed E-state index contributed by atoms with van der Waals surface area (Å²) in [4.78, 5) is 0. The molecule has 3 aromatic carbocycles. The lowest BCUT2D eigenvalue weighted by Gasteiger charge is -2.21. The first-order chi connectivity index (χ1) is 22.7. The summed E-state index contributed by atoms with van der Waals surface area (Å²) in [7, 11) is 1.50. The number of benzene rings is 3. The highest BCUT2D eigenvalue weighted by molar-refractivity contribution is 6.14. The molecule has 6 rings (SSSR count). The summed E-state index contributed by atoms with van der Waals surface area (Å²) in [5.74, 6) is -3.33. The van der Waals surface area contributed by atoms with Crippen LogP contribution in [0.3, 0.4) is 0 Å². The standard InChI is InChI=1S/C32H32NO/c1-18(2)24-16-27(33(7)17-20(24)4)28-19(3)12-13-21-22-14-15-26-29(31(22)34-30(21)28)23-10-8-9-11-25(23)32(26,5)6/h8-18H,1-7H3/q+1/i1D3,2D3,4D3,5D3,6D3,18D. The molecule has 1 aliphatic carbocycles. The van der Waals surface area contributed by atoms with Gasteiger partial charge in [-0.25, -0.2) is 4.57 Å². The van der Waals surface area contributed by atoms with E-state index >= 15 is 0 Å². The number of aromatic nitrogens is 1. The Morgan fingerprint density at radius 3 is 2.44 bits per heavy atom. The van der Waals surface area contributed by atoms with E-state index in [1.165, 1.54) is 23.7 Å². The van der Waals surface area contributed by atoms with Gasteiger partial charge in [0, 0.05) is 55.3 Å². The molecule has 170 valence electrons. The van der Waals surface area contributed by atoms with Gasteiger partial charge in [0.15, 0.2) is 6.20 Å². The third kappa shape index (κ3) is 2.72. The molecule has 0 radical (unpaired) electrons. The van der Waals surface area contributed by atoms with Crippen LogP contribution in [0.25, 0.3) is 44.3 Å². The van der Waals surface area contributed by atoms with Gasteiger partial charge in [-0.2, -0.15) is 0 Å². The second kappa shape index (κ2) is 7.06. The zero-order chi connectivity index (χ0) is 37.4. The molecule has 0 fully saturated rings. The number of fused-ring (bicyclic) bond motifs is 7. The highest BCUT2D eigenvalue weighted by atomic mass is 16.3. The summed E-state index contributed by atoms with van der Waals surface area (Å²) in [6.45, 7) is -14.2. The van der Waals surface area contributed by atoms with E-state index in [1.807, 2.05) is 0 Å². The molecule has 2 nitrogen and oxygen atoms in total. The van der Waals surface area contributed by atoms with Gasteiger partial charge < -0.3 is 4.42 Å². The van der Waals surface area contributed by atoms with E-state index in [1.54, 1.807) is 43.3 Å². The van der Waals surface area contributed by atoms with Crippen molar-refractivity contribution in [1.82, 2.24) is 0 Å². The Kier molecular flexibility index (Phi) is 2.09. The van der Waals surface area contributed by atoms with Crippen LogP contribution in [0.2, 0.25) is 0 Å². The second-order valence-corrected chi connectivity index (χ2v) is 8.87. The normalized spacial score (nSPS) is 23.4. The molecule has 0 unspecified atom stereocenters. The Morgan fingerprint density at radius 1 is 0.912 bits per heavy atom. The topological polar surface area (TPSA) is 17.0 Å². The first-order valence-electron chi connectivity index (χ1n) is 18.9. The van der Waals surface area contributed by atoms with Crippen LogP contribution in [0.5, 0.6) is 0 Å². The van der Waals surface area contributed by atoms with Crippen molar-refractivity contribution in [3.8, 4) is 22.4 Å². The smallest absolute Gasteiger partial charge is 0.216 e. The minimum atomic E-state index is -3.47. The number of furan rings is 1. The van der Waals surface area contributed by atoms with Gasteiger partial charge in [0.25, 0.3) is 0 Å². The molecule has 1 aliphatic rings. The van der Waals surface area contributed by atoms with Crippen molar-refractivity contribution in [2.45, 2.75) is 52.5 Å². The molecular weight excluding hydrogens is 414 g/mol. The molecule has 0 bridgehead atoms. The SMILES string of the molecule is [2H]C([2H])([2H])c1c[n+](C)c(-c2c(C)ccc3c2oc2c4c(ccc23)C(C([2H])([2H])[2H])(C([2H])([2H])[2H])c2ccccc2-4)cc1C([2H])(C([2H])([2H])[2H])C([2H])([2H])[2H]. The Balaban J connectivity index is 1.76. The van der Waals surface area contributed by atoms with Crippen molar-refractivity contribution in [3.63, 3.8) is 0 Å². The molecule has 0 amide bonds. The third-order valence-electron chi connectivity index (χ3n) is 6.82. The molecule has 0 aliphatic heterocycles. The number of hydrogen-bond acceptors (Lipinski definition) is 1. The minimum Gasteiger partial charge on any atom is -0.454 e. The van der Waals surface area contributed by atoms with Gasteiger partial charge in [0.2, 0.25) is 5.69 Å². The van der Waals surface area contributed by atoms with Crippen LogP contribution in [0.4, 0.5) is 0 Å². The van der Waals surface area contributed by atoms with Crippen LogP contribution in [0, 0.1) is 13.8 Å². The summed E-state index contributed by atoms with van der Waals surface area (Å²) in [6, 6.07) is 14.1. The van der Waals surface area contributed by atoms with Crippen LogP contribution >= 0.6 is 0 Å². The summed E-state index contributed by atoms with van der Waals surface area (Å²) in [6.07, 6.45) is 1.11. The molecule has 34 heavy (non-hydrogen) atoms. The predicted octanol–water partition coefficient (Wildman–Crippen LogP) is 8.12. The third-order valence-corrected chi connectivity index (χ3v) is 6.82. The molecule has 5 aromatic rings. The van der Waals surface area contributed by atoms with E-state index in [0.29, 0.717) is 33.0 Å². The maximum absolute atomic E-state index is 8.91. The average Bonchev–Trinajstić information content (AvgIpc) is 3.48. The lowest BCUT2D eigenvalue weighted by molar-refractivity contribution is -0.660. The summed E-state index contributed by atoms with van der Waals surface area (Å²) < 4.78 is 141. The van der Waals surface area contributed by atoms with Crippen molar-refractivity contribution in [3.05, 3.63) is 88.6 Å². The zero-order valence-electron chi connectivity index (χ0n) is 34.6. The number of aryl methyl sites for hydroxylation is 3. The monoisotopic (exact) mass is 462 g/mol. The first-order valence-corrected chi connectivity index (χ1v) is 10.9. The number of pyridine rings is 1. The molecule has 0 saturated heterocycles. The highest BCUT2D eigenvalue weighted by Crippen LogP contribution is 2.52. The highest BCUT2D eigenvalue weighted by Gasteiger charge is 2.37. The van der Waals surface area contributed by atoms with Gasteiger partial charge in [0.1, 0.15) is 18.2 Å². The van der Waals surface area contributed by atoms with Crippen molar-refractivity contribution in [2.24, 2.45) is 7.05 Å². The lowest BCUT2D eigenvalue weighted by Crippen LogP contribution is -2.32. The van der Waals surface area contributed by atoms with Gasteiger partial charge in [-0.1, -0.05) is 75.9 Å². The van der Waals surface area contributed by atoms with E-state index in [0.717, 1.165) is 12.3 Å². The van der Waals surface area contributed by atoms with E-state index < -0.39 is 56.7 Å². The molecule has 2 aromatic heterocycles. The second-order valence-electron chi connectivity index (χ2n) is 8.87. The quantitative estimate of drug-likeness (QED) is 0.242. The van der Waals surface area contributed by atoms with Crippen molar-refractivity contribution >= 4 is 21.9 Å². The number of nitrogens with zero attached hydrogens (tertiary/aromatic N) is 1. The summed E-state index contributed by atoms with van der Waals surface area (Å²) in [5.41, 5.74) is -1.40. The Morgan fingerprint density at radius 2 is 1.68 bits per heavy atom. The maximum Gasteiger partial charge on any atom is 0.216 e. The molecule has 0 saturated carbocycles. The fraction of sp³-hybridized carbons (Fsp3) is 0.281. The summed E-state index contributed by atoms with van der Waals surface area (Å²) >= 11 is 0. The fourth-order valence-electron chi connectivity index (χ4n) is 5.18. The van der Waals surface area contributed by atoms with E-state index in [9.17, 15) is 0 Å². The van der Waals surface area contributed by atoms with Crippen LogP contribution in [0.15, 0.2) is 65.2 Å². The molecule has 2 heterocycles. The Bertz CT molecular complexity index is 2170. The largest absolute Gasteiger partial charge is 0.454 e. The zero-order valence-corrected chi connectivity index (χ0v) is 18.6. The molecular formula is C32H32NO+.